The maximum atomic E-state index is 12.5. The summed E-state index contributed by atoms with van der Waals surface area (Å²) in [6.07, 6.45) is 1.98. The molecule has 0 bridgehead atoms. The molecule has 2 heterocycles. The number of likely N-dealkylation sites (tertiary alicyclic amines) is 1. The van der Waals surface area contributed by atoms with E-state index in [4.69, 9.17) is 4.74 Å². The van der Waals surface area contributed by atoms with Crippen LogP contribution >= 0.6 is 11.8 Å². The van der Waals surface area contributed by atoms with E-state index in [0.29, 0.717) is 43.8 Å². The maximum Gasteiger partial charge on any atom is 0.227 e. The molecule has 0 saturated carbocycles. The van der Waals surface area contributed by atoms with Crippen molar-refractivity contribution >= 4 is 29.3 Å². The Morgan fingerprint density at radius 1 is 1.31 bits per heavy atom. The van der Waals surface area contributed by atoms with Crippen molar-refractivity contribution in [3.63, 3.8) is 0 Å². The molecule has 2 aliphatic heterocycles. The van der Waals surface area contributed by atoms with Gasteiger partial charge in [0.25, 0.3) is 0 Å². The number of nitrogens with one attached hydrogen (secondary N) is 2. The standard InChI is InChI=1S/C19H27N3O3S/c1-25-17-5-3-2-4-16(17)21-19(24)14-6-9-22(10-7-14)18(23)12-15-13-26-11-8-20-15/h2-5,14-15,20H,6-13H2,1H3,(H,21,24). The first-order valence-electron chi connectivity index (χ1n) is 9.20. The van der Waals surface area contributed by atoms with Crippen molar-refractivity contribution in [2.24, 2.45) is 5.92 Å². The average molecular weight is 378 g/mol. The van der Waals surface area contributed by atoms with Crippen LogP contribution in [0, 0.1) is 5.92 Å². The van der Waals surface area contributed by atoms with Crippen LogP contribution in [0.4, 0.5) is 5.69 Å². The zero-order chi connectivity index (χ0) is 18.4. The van der Waals surface area contributed by atoms with E-state index in [2.05, 4.69) is 10.6 Å². The number of ether oxygens (including phenoxy) is 1. The summed E-state index contributed by atoms with van der Waals surface area (Å²) >= 11 is 1.90. The lowest BCUT2D eigenvalue weighted by atomic mass is 9.95. The zero-order valence-corrected chi connectivity index (χ0v) is 16.0. The maximum absolute atomic E-state index is 12.5. The lowest BCUT2D eigenvalue weighted by molar-refractivity contribution is -0.134. The molecule has 2 saturated heterocycles. The number of anilines is 1. The smallest absolute Gasteiger partial charge is 0.227 e. The SMILES string of the molecule is COc1ccccc1NC(=O)C1CCN(C(=O)CC2CSCCN2)CC1. The van der Waals surface area contributed by atoms with Crippen LogP contribution < -0.4 is 15.4 Å². The summed E-state index contributed by atoms with van der Waals surface area (Å²) in [5.41, 5.74) is 0.694. The second-order valence-electron chi connectivity index (χ2n) is 6.77. The second-order valence-corrected chi connectivity index (χ2v) is 7.92. The molecule has 1 atom stereocenters. The van der Waals surface area contributed by atoms with Crippen LogP contribution in [-0.2, 0) is 9.59 Å². The molecule has 1 aromatic rings. The largest absolute Gasteiger partial charge is 0.495 e. The molecule has 1 aromatic carbocycles. The van der Waals surface area contributed by atoms with Gasteiger partial charge in [0.15, 0.2) is 0 Å². The van der Waals surface area contributed by atoms with Gasteiger partial charge < -0.3 is 20.3 Å². The van der Waals surface area contributed by atoms with E-state index in [0.717, 1.165) is 18.1 Å². The normalized spacial score (nSPS) is 21.3. The first kappa shape index (κ1) is 19.0. The number of hydrogen-bond donors (Lipinski definition) is 2. The monoisotopic (exact) mass is 377 g/mol. The molecule has 3 rings (SSSR count). The number of carbonyl (C=O) groups excluding carboxylic acids is 2. The Bertz CT molecular complexity index is 626. The lowest BCUT2D eigenvalue weighted by Crippen LogP contribution is -2.45. The average Bonchev–Trinajstić information content (AvgIpc) is 2.69. The summed E-state index contributed by atoms with van der Waals surface area (Å²) in [4.78, 5) is 26.9. The van der Waals surface area contributed by atoms with Crippen molar-refractivity contribution in [2.45, 2.75) is 25.3 Å². The Hall–Kier alpha value is -1.73. The van der Waals surface area contributed by atoms with Gasteiger partial charge in [-0.3, -0.25) is 9.59 Å². The molecule has 1 unspecified atom stereocenters. The van der Waals surface area contributed by atoms with Gasteiger partial charge >= 0.3 is 0 Å². The minimum atomic E-state index is -0.0627. The van der Waals surface area contributed by atoms with Gasteiger partial charge in [0.2, 0.25) is 11.8 Å². The number of rotatable bonds is 5. The third kappa shape index (κ3) is 4.92. The van der Waals surface area contributed by atoms with E-state index >= 15 is 0 Å². The van der Waals surface area contributed by atoms with Crippen molar-refractivity contribution in [3.8, 4) is 5.75 Å². The van der Waals surface area contributed by atoms with Crippen LogP contribution in [-0.4, -0.2) is 61.0 Å². The highest BCUT2D eigenvalue weighted by Crippen LogP contribution is 2.26. The van der Waals surface area contributed by atoms with Gasteiger partial charge in [0.05, 0.1) is 12.8 Å². The Kier molecular flexibility index (Phi) is 6.80. The number of thioether (sulfide) groups is 1. The molecule has 2 N–H and O–H groups in total. The highest BCUT2D eigenvalue weighted by atomic mass is 32.2. The Balaban J connectivity index is 1.46. The van der Waals surface area contributed by atoms with E-state index in [1.807, 2.05) is 40.9 Å². The van der Waals surface area contributed by atoms with Crippen LogP contribution in [0.25, 0.3) is 0 Å². The molecule has 6 nitrogen and oxygen atoms in total. The molecule has 2 fully saturated rings. The zero-order valence-electron chi connectivity index (χ0n) is 15.2. The number of benzene rings is 1. The molecular weight excluding hydrogens is 350 g/mol. The molecule has 0 aromatic heterocycles. The van der Waals surface area contributed by atoms with Crippen LogP contribution in [0.5, 0.6) is 5.75 Å². The molecule has 7 heteroatoms. The van der Waals surface area contributed by atoms with E-state index in [-0.39, 0.29) is 23.8 Å². The van der Waals surface area contributed by atoms with Crippen molar-refractivity contribution in [1.29, 1.82) is 0 Å². The molecule has 142 valence electrons. The number of nitrogens with zero attached hydrogens (tertiary/aromatic N) is 1. The van der Waals surface area contributed by atoms with Gasteiger partial charge in [-0.15, -0.1) is 0 Å². The lowest BCUT2D eigenvalue weighted by Gasteiger charge is -2.33. The number of hydrogen-bond acceptors (Lipinski definition) is 5. The van der Waals surface area contributed by atoms with Crippen molar-refractivity contribution in [3.05, 3.63) is 24.3 Å². The van der Waals surface area contributed by atoms with Crippen LogP contribution in [0.1, 0.15) is 19.3 Å². The van der Waals surface area contributed by atoms with Crippen LogP contribution in [0.3, 0.4) is 0 Å². The van der Waals surface area contributed by atoms with Crippen molar-refractivity contribution in [2.75, 3.05) is 43.6 Å². The molecule has 26 heavy (non-hydrogen) atoms. The highest BCUT2D eigenvalue weighted by Gasteiger charge is 2.29. The van der Waals surface area contributed by atoms with E-state index in [9.17, 15) is 9.59 Å². The number of carbonyl (C=O) groups is 2. The van der Waals surface area contributed by atoms with Gasteiger partial charge in [-0.1, -0.05) is 12.1 Å². The van der Waals surface area contributed by atoms with Crippen molar-refractivity contribution in [1.82, 2.24) is 10.2 Å². The van der Waals surface area contributed by atoms with Gasteiger partial charge in [-0.2, -0.15) is 11.8 Å². The number of methoxy groups -OCH3 is 1. The second kappa shape index (κ2) is 9.28. The summed E-state index contributed by atoms with van der Waals surface area (Å²) in [7, 11) is 1.59. The fraction of sp³-hybridized carbons (Fsp3) is 0.579. The number of piperidine rings is 1. The topological polar surface area (TPSA) is 70.7 Å². The Labute approximate surface area is 159 Å². The first-order valence-corrected chi connectivity index (χ1v) is 10.4. The molecule has 2 aliphatic rings. The first-order chi connectivity index (χ1) is 12.7. The van der Waals surface area contributed by atoms with E-state index < -0.39 is 0 Å². The minimum Gasteiger partial charge on any atom is -0.495 e. The summed E-state index contributed by atoms with van der Waals surface area (Å²) in [5.74, 6) is 2.93. The van der Waals surface area contributed by atoms with Crippen molar-refractivity contribution < 1.29 is 14.3 Å². The molecule has 0 radical (unpaired) electrons. The molecule has 2 amide bonds. The quantitative estimate of drug-likeness (QED) is 0.821. The molecule has 0 aliphatic carbocycles. The van der Waals surface area contributed by atoms with Gasteiger partial charge in [0, 0.05) is 49.5 Å². The Morgan fingerprint density at radius 2 is 2.08 bits per heavy atom. The summed E-state index contributed by atoms with van der Waals surface area (Å²) in [6, 6.07) is 7.70. The third-order valence-corrected chi connectivity index (χ3v) is 6.13. The number of para-hydroxylation sites is 2. The van der Waals surface area contributed by atoms with Gasteiger partial charge in [0.1, 0.15) is 5.75 Å². The number of amides is 2. The minimum absolute atomic E-state index is 0.00643. The Morgan fingerprint density at radius 3 is 2.77 bits per heavy atom. The highest BCUT2D eigenvalue weighted by molar-refractivity contribution is 7.99. The molecular formula is C19H27N3O3S. The van der Waals surface area contributed by atoms with Crippen LogP contribution in [0.2, 0.25) is 0 Å². The predicted octanol–water partition coefficient (Wildman–Crippen LogP) is 1.97. The van der Waals surface area contributed by atoms with E-state index in [1.165, 1.54) is 0 Å². The molecule has 0 spiro atoms. The third-order valence-electron chi connectivity index (χ3n) is 5.00. The summed E-state index contributed by atoms with van der Waals surface area (Å²) in [6.45, 7) is 2.29. The van der Waals surface area contributed by atoms with Gasteiger partial charge in [-0.25, -0.2) is 0 Å². The fourth-order valence-electron chi connectivity index (χ4n) is 3.46. The summed E-state index contributed by atoms with van der Waals surface area (Å²) < 4.78 is 5.28. The predicted molar refractivity (Wildman–Crippen MR) is 105 cm³/mol. The summed E-state index contributed by atoms with van der Waals surface area (Å²) in [5, 5.41) is 6.37. The fourth-order valence-corrected chi connectivity index (χ4v) is 4.41. The van der Waals surface area contributed by atoms with E-state index in [1.54, 1.807) is 7.11 Å². The van der Waals surface area contributed by atoms with Crippen LogP contribution in [0.15, 0.2) is 24.3 Å². The van der Waals surface area contributed by atoms with Gasteiger partial charge in [-0.05, 0) is 25.0 Å².